The first kappa shape index (κ1) is 25.5. The van der Waals surface area contributed by atoms with E-state index in [2.05, 4.69) is 19.8 Å². The summed E-state index contributed by atoms with van der Waals surface area (Å²) >= 11 is 0. The summed E-state index contributed by atoms with van der Waals surface area (Å²) in [6.07, 6.45) is 4.27. The number of methoxy groups -OCH3 is 2. The minimum atomic E-state index is -0.622. The van der Waals surface area contributed by atoms with E-state index in [1.54, 1.807) is 18.3 Å². The second-order valence-corrected chi connectivity index (χ2v) is 7.18. The fourth-order valence-electron chi connectivity index (χ4n) is 2.32. The maximum absolute atomic E-state index is 11.9. The lowest BCUT2D eigenvalue weighted by Crippen LogP contribution is -2.42. The highest BCUT2D eigenvalue weighted by molar-refractivity contribution is 5.96. The number of hydrogen-bond acceptors (Lipinski definition) is 7. The van der Waals surface area contributed by atoms with E-state index in [1.807, 2.05) is 27.7 Å². The number of nitrogens with two attached hydrogens (primary N) is 1. The Labute approximate surface area is 167 Å². The van der Waals surface area contributed by atoms with E-state index < -0.39 is 18.1 Å². The Bertz CT molecular complexity index is 605. The summed E-state index contributed by atoms with van der Waals surface area (Å²) in [5, 5.41) is 2.66. The predicted molar refractivity (Wildman–Crippen MR) is 106 cm³/mol. The molecule has 1 rings (SSSR count). The van der Waals surface area contributed by atoms with Crippen LogP contribution in [-0.4, -0.2) is 49.1 Å². The van der Waals surface area contributed by atoms with Crippen LogP contribution in [0.15, 0.2) is 24.5 Å². The predicted octanol–water partition coefficient (Wildman–Crippen LogP) is 1.93. The molecule has 0 aliphatic carbocycles. The summed E-state index contributed by atoms with van der Waals surface area (Å²) in [5.41, 5.74) is 5.88. The van der Waals surface area contributed by atoms with Crippen molar-refractivity contribution in [2.24, 2.45) is 17.6 Å². The zero-order chi connectivity index (χ0) is 21.7. The molecule has 1 heterocycles. The van der Waals surface area contributed by atoms with Gasteiger partial charge >= 0.3 is 11.9 Å². The number of hydrogen-bond donors (Lipinski definition) is 2. The summed E-state index contributed by atoms with van der Waals surface area (Å²) in [7, 11) is 2.66. The second-order valence-electron chi connectivity index (χ2n) is 7.18. The third-order valence-corrected chi connectivity index (χ3v) is 3.65. The molecule has 0 bridgehead atoms. The van der Waals surface area contributed by atoms with Gasteiger partial charge in [-0.2, -0.15) is 0 Å². The molecule has 0 aliphatic heterocycles. The highest BCUT2D eigenvalue weighted by Crippen LogP contribution is 2.07. The standard InChI is InChI=1S/C13H18N2O3.C7H15NO2/c1-9(2)7-11(13(17)18-3)15-12(16)10-5-4-6-14-8-10;1-5(2)4-6(8)7(9)10-3/h4-6,8-9,11H,7H2,1-3H3,(H,15,16);5-6H,4,8H2,1-3H3. The van der Waals surface area contributed by atoms with Gasteiger partial charge in [0.25, 0.3) is 5.91 Å². The van der Waals surface area contributed by atoms with Crippen molar-refractivity contribution in [1.29, 1.82) is 0 Å². The molecule has 2 atom stereocenters. The molecule has 2 unspecified atom stereocenters. The Kier molecular flexibility index (Phi) is 12.4. The largest absolute Gasteiger partial charge is 0.468 e. The topological polar surface area (TPSA) is 121 Å². The Hall–Kier alpha value is -2.48. The molecule has 1 amide bonds. The smallest absolute Gasteiger partial charge is 0.328 e. The van der Waals surface area contributed by atoms with Gasteiger partial charge in [0.1, 0.15) is 12.1 Å². The van der Waals surface area contributed by atoms with Crippen molar-refractivity contribution in [3.63, 3.8) is 0 Å². The number of amides is 1. The molecule has 8 heteroatoms. The zero-order valence-corrected chi connectivity index (χ0v) is 17.6. The van der Waals surface area contributed by atoms with Crippen LogP contribution in [0.4, 0.5) is 0 Å². The molecular weight excluding hydrogens is 362 g/mol. The first-order chi connectivity index (χ1) is 13.1. The number of ether oxygens (including phenoxy) is 2. The van der Waals surface area contributed by atoms with E-state index in [-0.39, 0.29) is 17.8 Å². The van der Waals surface area contributed by atoms with Gasteiger partial charge in [0, 0.05) is 12.4 Å². The van der Waals surface area contributed by atoms with E-state index in [4.69, 9.17) is 5.73 Å². The molecule has 158 valence electrons. The maximum Gasteiger partial charge on any atom is 0.328 e. The summed E-state index contributed by atoms with van der Waals surface area (Å²) in [4.78, 5) is 38.0. The first-order valence-electron chi connectivity index (χ1n) is 9.24. The van der Waals surface area contributed by atoms with Crippen LogP contribution in [0.2, 0.25) is 0 Å². The Balaban J connectivity index is 0.000000621. The molecule has 0 spiro atoms. The highest BCUT2D eigenvalue weighted by atomic mass is 16.5. The third kappa shape index (κ3) is 10.6. The van der Waals surface area contributed by atoms with Crippen LogP contribution in [0, 0.1) is 11.8 Å². The number of carbonyl (C=O) groups excluding carboxylic acids is 3. The molecular formula is C20H33N3O5. The third-order valence-electron chi connectivity index (χ3n) is 3.65. The fourth-order valence-corrected chi connectivity index (χ4v) is 2.32. The minimum absolute atomic E-state index is 0.281. The highest BCUT2D eigenvalue weighted by Gasteiger charge is 2.23. The lowest BCUT2D eigenvalue weighted by Gasteiger charge is -2.18. The SMILES string of the molecule is COC(=O)C(CC(C)C)NC(=O)c1cccnc1.COC(=O)C(N)CC(C)C. The number of nitrogens with zero attached hydrogens (tertiary/aromatic N) is 1. The van der Waals surface area contributed by atoms with Gasteiger partial charge in [-0.25, -0.2) is 4.79 Å². The van der Waals surface area contributed by atoms with E-state index in [1.165, 1.54) is 20.4 Å². The van der Waals surface area contributed by atoms with Crippen molar-refractivity contribution in [3.8, 4) is 0 Å². The van der Waals surface area contributed by atoms with Crippen LogP contribution in [0.25, 0.3) is 0 Å². The maximum atomic E-state index is 11.9. The van der Waals surface area contributed by atoms with Crippen molar-refractivity contribution >= 4 is 17.8 Å². The molecule has 0 radical (unpaired) electrons. The lowest BCUT2D eigenvalue weighted by atomic mass is 10.0. The van der Waals surface area contributed by atoms with Gasteiger partial charge in [-0.1, -0.05) is 27.7 Å². The number of aromatic nitrogens is 1. The average Bonchev–Trinajstić information content (AvgIpc) is 2.66. The van der Waals surface area contributed by atoms with Gasteiger partial charge in [0.15, 0.2) is 0 Å². The Morgan fingerprint density at radius 3 is 2.04 bits per heavy atom. The molecule has 0 fully saturated rings. The number of carbonyl (C=O) groups is 3. The van der Waals surface area contributed by atoms with Gasteiger partial charge in [-0.3, -0.25) is 14.6 Å². The molecule has 0 saturated heterocycles. The van der Waals surface area contributed by atoms with Gasteiger partial charge in [-0.15, -0.1) is 0 Å². The van der Waals surface area contributed by atoms with Crippen LogP contribution < -0.4 is 11.1 Å². The number of rotatable bonds is 8. The second kappa shape index (κ2) is 13.7. The van der Waals surface area contributed by atoms with Crippen molar-refractivity contribution in [2.75, 3.05) is 14.2 Å². The summed E-state index contributed by atoms with van der Waals surface area (Å²) < 4.78 is 9.13. The van der Waals surface area contributed by atoms with E-state index in [0.29, 0.717) is 24.3 Å². The van der Waals surface area contributed by atoms with E-state index in [9.17, 15) is 14.4 Å². The van der Waals surface area contributed by atoms with Crippen molar-refractivity contribution in [1.82, 2.24) is 10.3 Å². The molecule has 0 aromatic carbocycles. The first-order valence-corrected chi connectivity index (χ1v) is 9.24. The Morgan fingerprint density at radius 1 is 1.04 bits per heavy atom. The minimum Gasteiger partial charge on any atom is -0.468 e. The van der Waals surface area contributed by atoms with Gasteiger partial charge in [-0.05, 0) is 36.8 Å². The summed E-state index contributed by atoms with van der Waals surface area (Å²) in [6, 6.07) is 2.24. The molecule has 0 saturated carbocycles. The number of nitrogens with one attached hydrogen (secondary N) is 1. The quantitative estimate of drug-likeness (QED) is 0.645. The van der Waals surface area contributed by atoms with Crippen molar-refractivity contribution < 1.29 is 23.9 Å². The van der Waals surface area contributed by atoms with Gasteiger partial charge in [0.2, 0.25) is 0 Å². The van der Waals surface area contributed by atoms with Crippen LogP contribution in [0.5, 0.6) is 0 Å². The molecule has 1 aromatic rings. The summed E-state index contributed by atoms with van der Waals surface area (Å²) in [5.74, 6) is -0.355. The molecule has 28 heavy (non-hydrogen) atoms. The van der Waals surface area contributed by atoms with Crippen molar-refractivity contribution in [3.05, 3.63) is 30.1 Å². The zero-order valence-electron chi connectivity index (χ0n) is 17.6. The number of pyridine rings is 1. The normalized spacial score (nSPS) is 12.5. The summed E-state index contributed by atoms with van der Waals surface area (Å²) in [6.45, 7) is 7.99. The van der Waals surface area contributed by atoms with Gasteiger partial charge in [0.05, 0.1) is 19.8 Å². The monoisotopic (exact) mass is 395 g/mol. The van der Waals surface area contributed by atoms with Crippen LogP contribution in [0.3, 0.4) is 0 Å². The van der Waals surface area contributed by atoms with Crippen molar-refractivity contribution in [2.45, 2.75) is 52.6 Å². The fraction of sp³-hybridized carbons (Fsp3) is 0.600. The lowest BCUT2D eigenvalue weighted by molar-refractivity contribution is -0.143. The Morgan fingerprint density at radius 2 is 1.61 bits per heavy atom. The van der Waals surface area contributed by atoms with E-state index in [0.717, 1.165) is 0 Å². The molecule has 3 N–H and O–H groups in total. The van der Waals surface area contributed by atoms with Crippen LogP contribution >= 0.6 is 0 Å². The molecule has 8 nitrogen and oxygen atoms in total. The molecule has 1 aromatic heterocycles. The molecule has 0 aliphatic rings. The van der Waals surface area contributed by atoms with Crippen LogP contribution in [-0.2, 0) is 19.1 Å². The van der Waals surface area contributed by atoms with Crippen LogP contribution in [0.1, 0.15) is 50.9 Å². The average molecular weight is 396 g/mol. The van der Waals surface area contributed by atoms with Gasteiger partial charge < -0.3 is 20.5 Å². The van der Waals surface area contributed by atoms with E-state index >= 15 is 0 Å². The number of esters is 2.